The minimum absolute atomic E-state index is 0.161. The summed E-state index contributed by atoms with van der Waals surface area (Å²) in [5, 5.41) is 0. The molecule has 0 aliphatic rings. The molecule has 0 amide bonds. The van der Waals surface area contributed by atoms with Crippen molar-refractivity contribution in [3.05, 3.63) is 48.0 Å². The Labute approximate surface area is 101 Å². The van der Waals surface area contributed by atoms with Crippen molar-refractivity contribution < 1.29 is 14.3 Å². The second-order valence-electron chi connectivity index (χ2n) is 3.70. The zero-order chi connectivity index (χ0) is 12.5. The van der Waals surface area contributed by atoms with E-state index in [0.29, 0.717) is 6.61 Å². The number of hydrogen-bond donors (Lipinski definition) is 0. The maximum Gasteiger partial charge on any atom is 0.330 e. The van der Waals surface area contributed by atoms with E-state index in [2.05, 4.69) is 0 Å². The molecule has 0 fully saturated rings. The highest BCUT2D eigenvalue weighted by atomic mass is 16.5. The number of rotatable bonds is 6. The van der Waals surface area contributed by atoms with Gasteiger partial charge in [0.1, 0.15) is 0 Å². The Morgan fingerprint density at radius 1 is 1.18 bits per heavy atom. The number of esters is 1. The summed E-state index contributed by atoms with van der Waals surface area (Å²) in [5.41, 5.74) is 1.22. The van der Waals surface area contributed by atoms with Gasteiger partial charge in [-0.3, -0.25) is 4.79 Å². The molecule has 0 atom stereocenters. The Hall–Kier alpha value is -1.90. The summed E-state index contributed by atoms with van der Waals surface area (Å²) in [7, 11) is 0. The average Bonchev–Trinajstić information content (AvgIpc) is 2.33. The van der Waals surface area contributed by atoms with Gasteiger partial charge < -0.3 is 4.74 Å². The van der Waals surface area contributed by atoms with Gasteiger partial charge in [-0.25, -0.2) is 4.79 Å². The Bertz CT molecular complexity index is 393. The molecule has 0 aliphatic heterocycles. The number of carbonyl (C=O) groups excluding carboxylic acids is 2. The topological polar surface area (TPSA) is 43.4 Å². The van der Waals surface area contributed by atoms with Crippen LogP contribution in [0.25, 0.3) is 0 Å². The number of ether oxygens (including phenoxy) is 1. The molecule has 0 aliphatic carbocycles. The molecule has 3 heteroatoms. The van der Waals surface area contributed by atoms with Crippen molar-refractivity contribution >= 4 is 11.8 Å². The first-order valence-electron chi connectivity index (χ1n) is 5.58. The molecular formula is C14H16O3. The van der Waals surface area contributed by atoms with E-state index in [0.717, 1.165) is 18.9 Å². The van der Waals surface area contributed by atoms with E-state index >= 15 is 0 Å². The molecule has 1 rings (SSSR count). The normalized spacial score (nSPS) is 10.4. The van der Waals surface area contributed by atoms with Crippen molar-refractivity contribution in [2.45, 2.75) is 19.8 Å². The molecule has 90 valence electrons. The molecule has 0 spiro atoms. The van der Waals surface area contributed by atoms with Gasteiger partial charge in [0, 0.05) is 6.08 Å². The summed E-state index contributed by atoms with van der Waals surface area (Å²) in [6.45, 7) is 1.76. The van der Waals surface area contributed by atoms with Gasteiger partial charge in [-0.2, -0.15) is 0 Å². The van der Waals surface area contributed by atoms with Gasteiger partial charge >= 0.3 is 5.97 Å². The largest absolute Gasteiger partial charge is 0.463 e. The Kier molecular flexibility index (Phi) is 5.72. The van der Waals surface area contributed by atoms with E-state index < -0.39 is 5.97 Å². The van der Waals surface area contributed by atoms with Crippen molar-refractivity contribution in [2.75, 3.05) is 6.61 Å². The fraction of sp³-hybridized carbons (Fsp3) is 0.286. The number of aryl methyl sites for hydroxylation is 1. The van der Waals surface area contributed by atoms with Crippen molar-refractivity contribution in [1.29, 1.82) is 0 Å². The number of hydrogen-bond acceptors (Lipinski definition) is 3. The second-order valence-corrected chi connectivity index (χ2v) is 3.70. The van der Waals surface area contributed by atoms with Crippen LogP contribution in [-0.4, -0.2) is 18.4 Å². The molecule has 0 aromatic heterocycles. The zero-order valence-electron chi connectivity index (χ0n) is 9.89. The van der Waals surface area contributed by atoms with E-state index in [4.69, 9.17) is 4.74 Å². The van der Waals surface area contributed by atoms with Crippen molar-refractivity contribution in [2.24, 2.45) is 0 Å². The molecule has 0 saturated carbocycles. The van der Waals surface area contributed by atoms with Crippen LogP contribution in [-0.2, 0) is 20.7 Å². The van der Waals surface area contributed by atoms with Crippen LogP contribution in [0.1, 0.15) is 18.9 Å². The molecule has 0 heterocycles. The van der Waals surface area contributed by atoms with Crippen LogP contribution in [0.3, 0.4) is 0 Å². The number of allylic oxidation sites excluding steroid dienone is 1. The smallest absolute Gasteiger partial charge is 0.330 e. The lowest BCUT2D eigenvalue weighted by Crippen LogP contribution is -2.04. The van der Waals surface area contributed by atoms with Gasteiger partial charge in [0.05, 0.1) is 6.61 Å². The Morgan fingerprint density at radius 2 is 1.88 bits per heavy atom. The third kappa shape index (κ3) is 6.30. The Morgan fingerprint density at radius 3 is 2.53 bits per heavy atom. The molecule has 17 heavy (non-hydrogen) atoms. The Balaban J connectivity index is 2.16. The highest BCUT2D eigenvalue weighted by molar-refractivity contribution is 5.94. The number of ketones is 1. The van der Waals surface area contributed by atoms with Gasteiger partial charge in [-0.05, 0) is 31.4 Å². The monoisotopic (exact) mass is 232 g/mol. The first-order chi connectivity index (χ1) is 8.18. The highest BCUT2D eigenvalue weighted by Gasteiger charge is 1.98. The van der Waals surface area contributed by atoms with Crippen LogP contribution in [0.15, 0.2) is 42.5 Å². The van der Waals surface area contributed by atoms with Gasteiger partial charge in [0.15, 0.2) is 5.78 Å². The summed E-state index contributed by atoms with van der Waals surface area (Å²) in [6, 6.07) is 10.0. The quantitative estimate of drug-likeness (QED) is 0.429. The lowest BCUT2D eigenvalue weighted by Gasteiger charge is -2.02. The molecule has 1 aromatic rings. The zero-order valence-corrected chi connectivity index (χ0v) is 9.89. The third-order valence-corrected chi connectivity index (χ3v) is 2.15. The fourth-order valence-electron chi connectivity index (χ4n) is 1.33. The average molecular weight is 232 g/mol. The first kappa shape index (κ1) is 13.2. The predicted octanol–water partition coefficient (Wildman–Crippen LogP) is 2.31. The highest BCUT2D eigenvalue weighted by Crippen LogP contribution is 2.02. The molecular weight excluding hydrogens is 216 g/mol. The SMILES string of the molecule is CC(=O)/C=C/C(=O)OCCCc1ccccc1. The summed E-state index contributed by atoms with van der Waals surface area (Å²) >= 11 is 0. The van der Waals surface area contributed by atoms with Crippen molar-refractivity contribution in [3.8, 4) is 0 Å². The molecule has 1 aromatic carbocycles. The van der Waals surface area contributed by atoms with Gasteiger partial charge in [-0.15, -0.1) is 0 Å². The summed E-state index contributed by atoms with van der Waals surface area (Å²) in [6.07, 6.45) is 4.03. The van der Waals surface area contributed by atoms with E-state index in [9.17, 15) is 9.59 Å². The predicted molar refractivity (Wildman–Crippen MR) is 65.5 cm³/mol. The molecule has 0 N–H and O–H groups in total. The van der Waals surface area contributed by atoms with Crippen molar-refractivity contribution in [1.82, 2.24) is 0 Å². The van der Waals surface area contributed by atoms with E-state index in [-0.39, 0.29) is 5.78 Å². The van der Waals surface area contributed by atoms with Crippen LogP contribution in [0, 0.1) is 0 Å². The molecule has 3 nitrogen and oxygen atoms in total. The number of benzene rings is 1. The van der Waals surface area contributed by atoms with E-state index in [1.807, 2.05) is 30.3 Å². The molecule has 0 unspecified atom stereocenters. The minimum Gasteiger partial charge on any atom is -0.463 e. The van der Waals surface area contributed by atoms with E-state index in [1.165, 1.54) is 18.6 Å². The summed E-state index contributed by atoms with van der Waals surface area (Å²) in [5.74, 6) is -0.625. The molecule has 0 saturated heterocycles. The standard InChI is InChI=1S/C14H16O3/c1-12(15)9-10-14(16)17-11-5-8-13-6-3-2-4-7-13/h2-4,6-7,9-10H,5,8,11H2,1H3/b10-9+. The van der Waals surface area contributed by atoms with Crippen LogP contribution in [0.5, 0.6) is 0 Å². The summed E-state index contributed by atoms with van der Waals surface area (Å²) in [4.78, 5) is 21.7. The maximum atomic E-state index is 11.1. The van der Waals surface area contributed by atoms with Crippen LogP contribution in [0.4, 0.5) is 0 Å². The van der Waals surface area contributed by atoms with Gasteiger partial charge in [0.25, 0.3) is 0 Å². The van der Waals surface area contributed by atoms with Gasteiger partial charge in [-0.1, -0.05) is 30.3 Å². The van der Waals surface area contributed by atoms with Crippen LogP contribution in [0.2, 0.25) is 0 Å². The lowest BCUT2D eigenvalue weighted by molar-refractivity contribution is -0.138. The van der Waals surface area contributed by atoms with Crippen molar-refractivity contribution in [3.63, 3.8) is 0 Å². The van der Waals surface area contributed by atoms with Gasteiger partial charge in [0.2, 0.25) is 0 Å². The minimum atomic E-state index is -0.465. The molecule has 0 radical (unpaired) electrons. The maximum absolute atomic E-state index is 11.1. The van der Waals surface area contributed by atoms with E-state index in [1.54, 1.807) is 0 Å². The molecule has 0 bridgehead atoms. The third-order valence-electron chi connectivity index (χ3n) is 2.15. The van der Waals surface area contributed by atoms with Crippen LogP contribution >= 0.6 is 0 Å². The lowest BCUT2D eigenvalue weighted by atomic mass is 10.1. The van der Waals surface area contributed by atoms with Crippen LogP contribution < -0.4 is 0 Å². The second kappa shape index (κ2) is 7.39. The number of carbonyl (C=O) groups is 2. The summed E-state index contributed by atoms with van der Waals surface area (Å²) < 4.78 is 4.94. The fourth-order valence-corrected chi connectivity index (χ4v) is 1.33. The first-order valence-corrected chi connectivity index (χ1v) is 5.58.